The van der Waals surface area contributed by atoms with Gasteiger partial charge in [-0.3, -0.25) is 4.79 Å². The van der Waals surface area contributed by atoms with Crippen molar-refractivity contribution in [2.75, 3.05) is 38.0 Å². The lowest BCUT2D eigenvalue weighted by Crippen LogP contribution is -2.50. The minimum Gasteiger partial charge on any atom is -0.385 e. The van der Waals surface area contributed by atoms with Gasteiger partial charge in [-0.1, -0.05) is 48.9 Å². The smallest absolute Gasteiger partial charge is 0.156 e. The highest BCUT2D eigenvalue weighted by molar-refractivity contribution is 5.93. The van der Waals surface area contributed by atoms with Gasteiger partial charge >= 0.3 is 0 Å². The summed E-state index contributed by atoms with van der Waals surface area (Å²) in [6.07, 6.45) is 12.5. The lowest BCUT2D eigenvalue weighted by Gasteiger charge is -2.54. The zero-order chi connectivity index (χ0) is 28.2. The van der Waals surface area contributed by atoms with Crippen LogP contribution in [0.25, 0.3) is 6.08 Å². The molecule has 40 heavy (non-hydrogen) atoms. The number of carbonyl (C=O) groups is 1. The molecule has 4 aliphatic rings. The van der Waals surface area contributed by atoms with Crippen molar-refractivity contribution in [3.8, 4) is 0 Å². The summed E-state index contributed by atoms with van der Waals surface area (Å²) in [5.41, 5.74) is 8.10. The highest BCUT2D eigenvalue weighted by atomic mass is 16.3. The number of rotatable bonds is 5. The van der Waals surface area contributed by atoms with Crippen molar-refractivity contribution < 1.29 is 9.90 Å². The fourth-order valence-corrected chi connectivity index (χ4v) is 8.39. The number of hydrogen-bond acceptors (Lipinski definition) is 4. The Balaban J connectivity index is 1.41. The van der Waals surface area contributed by atoms with Crippen LogP contribution in [0, 0.1) is 17.3 Å². The molecule has 0 saturated heterocycles. The van der Waals surface area contributed by atoms with Gasteiger partial charge in [-0.05, 0) is 103 Å². The van der Waals surface area contributed by atoms with Crippen LogP contribution in [0.2, 0.25) is 0 Å². The topological polar surface area (TPSA) is 43.8 Å². The van der Waals surface area contributed by atoms with Crippen molar-refractivity contribution in [2.45, 2.75) is 63.4 Å². The van der Waals surface area contributed by atoms with Gasteiger partial charge in [0.05, 0.1) is 5.60 Å². The zero-order valence-corrected chi connectivity index (χ0v) is 24.8. The van der Waals surface area contributed by atoms with Crippen molar-refractivity contribution >= 4 is 23.2 Å². The number of ketones is 1. The second kappa shape index (κ2) is 10.1. The quantitative estimate of drug-likeness (QED) is 0.440. The van der Waals surface area contributed by atoms with E-state index >= 15 is 0 Å². The lowest BCUT2D eigenvalue weighted by atomic mass is 9.51. The van der Waals surface area contributed by atoms with Crippen molar-refractivity contribution in [1.82, 2.24) is 0 Å². The minimum atomic E-state index is -0.853. The van der Waals surface area contributed by atoms with E-state index in [1.54, 1.807) is 5.57 Å². The molecule has 0 aliphatic heterocycles. The monoisotopic (exact) mass is 536 g/mol. The molecule has 2 saturated carbocycles. The summed E-state index contributed by atoms with van der Waals surface area (Å²) in [6, 6.07) is 17.6. The van der Waals surface area contributed by atoms with Crippen LogP contribution in [0.5, 0.6) is 0 Å². The van der Waals surface area contributed by atoms with E-state index in [0.29, 0.717) is 18.3 Å². The number of hydrogen-bond donors (Lipinski definition) is 1. The molecule has 210 valence electrons. The molecule has 0 heterocycles. The second-order valence-corrected chi connectivity index (χ2v) is 13.3. The zero-order valence-electron chi connectivity index (χ0n) is 24.8. The maximum atomic E-state index is 12.4. The first-order valence-electron chi connectivity index (χ1n) is 15.0. The summed E-state index contributed by atoms with van der Waals surface area (Å²) in [5.74, 6) is 1.44. The van der Waals surface area contributed by atoms with Crippen LogP contribution in [-0.2, 0) is 4.79 Å². The van der Waals surface area contributed by atoms with Gasteiger partial charge in [-0.15, -0.1) is 0 Å². The first-order valence-corrected chi connectivity index (χ1v) is 15.0. The third kappa shape index (κ3) is 4.45. The van der Waals surface area contributed by atoms with E-state index in [2.05, 4.69) is 106 Å². The maximum Gasteiger partial charge on any atom is 0.156 e. The Morgan fingerprint density at radius 2 is 1.52 bits per heavy atom. The number of carbonyl (C=O) groups excluding carboxylic acids is 1. The van der Waals surface area contributed by atoms with Crippen LogP contribution in [0.1, 0.15) is 68.9 Å². The summed E-state index contributed by atoms with van der Waals surface area (Å²) < 4.78 is 0. The van der Waals surface area contributed by atoms with Crippen LogP contribution in [0.3, 0.4) is 0 Å². The molecular formula is C36H44N2O2. The maximum absolute atomic E-state index is 12.4. The predicted molar refractivity (Wildman–Crippen MR) is 166 cm³/mol. The van der Waals surface area contributed by atoms with Crippen LogP contribution in [0.15, 0.2) is 77.4 Å². The Morgan fingerprint density at radius 3 is 2.17 bits per heavy atom. The molecule has 0 aromatic heterocycles. The van der Waals surface area contributed by atoms with Crippen LogP contribution >= 0.6 is 0 Å². The van der Waals surface area contributed by atoms with Crippen molar-refractivity contribution in [3.05, 3.63) is 88.5 Å². The van der Waals surface area contributed by atoms with E-state index in [4.69, 9.17) is 0 Å². The number of anilines is 2. The molecule has 1 N–H and O–H groups in total. The Kier molecular flexibility index (Phi) is 6.81. The van der Waals surface area contributed by atoms with Gasteiger partial charge in [0.25, 0.3) is 0 Å². The van der Waals surface area contributed by atoms with E-state index < -0.39 is 5.60 Å². The first kappa shape index (κ1) is 27.1. The molecular weight excluding hydrogens is 492 g/mol. The third-order valence-corrected chi connectivity index (χ3v) is 10.7. The number of fused-ring (bicyclic) bond motifs is 4. The van der Waals surface area contributed by atoms with Gasteiger partial charge in [0.15, 0.2) is 5.78 Å². The molecule has 2 unspecified atom stereocenters. The molecule has 4 aliphatic carbocycles. The molecule has 0 spiro atoms. The van der Waals surface area contributed by atoms with Gasteiger partial charge in [-0.25, -0.2) is 0 Å². The molecule has 4 nitrogen and oxygen atoms in total. The van der Waals surface area contributed by atoms with E-state index in [1.807, 2.05) is 6.08 Å². The van der Waals surface area contributed by atoms with E-state index in [-0.39, 0.29) is 17.1 Å². The van der Waals surface area contributed by atoms with Crippen LogP contribution < -0.4 is 9.80 Å². The van der Waals surface area contributed by atoms with E-state index in [0.717, 1.165) is 44.1 Å². The lowest BCUT2D eigenvalue weighted by molar-refractivity contribution is -0.114. The molecule has 0 radical (unpaired) electrons. The predicted octanol–water partition coefficient (Wildman–Crippen LogP) is 7.16. The SMILES string of the molecule is CN(C)c1ccc(/C=C/[C@]2(O)CCC3C4CCC5=CC(=O)CCC5=C4[C@@H](c4ccc(N(C)C)cc4)C[C@@]32C)cc1. The summed E-state index contributed by atoms with van der Waals surface area (Å²) in [6.45, 7) is 2.36. The fourth-order valence-electron chi connectivity index (χ4n) is 8.39. The summed E-state index contributed by atoms with van der Waals surface area (Å²) >= 11 is 0. The largest absolute Gasteiger partial charge is 0.385 e. The van der Waals surface area contributed by atoms with Gasteiger partial charge in [0.1, 0.15) is 0 Å². The van der Waals surface area contributed by atoms with Gasteiger partial charge in [-0.2, -0.15) is 0 Å². The minimum absolute atomic E-state index is 0.224. The Morgan fingerprint density at radius 1 is 0.875 bits per heavy atom. The summed E-state index contributed by atoms with van der Waals surface area (Å²) in [5, 5.41) is 12.4. The molecule has 2 aromatic rings. The van der Waals surface area contributed by atoms with Crippen molar-refractivity contribution in [2.24, 2.45) is 17.3 Å². The fraction of sp³-hybridized carbons (Fsp3) is 0.472. The molecule has 2 aromatic carbocycles. The number of benzene rings is 2. The second-order valence-electron chi connectivity index (χ2n) is 13.3. The Labute approximate surface area is 240 Å². The normalized spacial score (nSPS) is 31.5. The van der Waals surface area contributed by atoms with Crippen molar-refractivity contribution in [1.29, 1.82) is 0 Å². The number of aliphatic hydroxyl groups is 1. The average molecular weight is 537 g/mol. The molecule has 4 heteroatoms. The van der Waals surface area contributed by atoms with Gasteiger partial charge < -0.3 is 14.9 Å². The van der Waals surface area contributed by atoms with Gasteiger partial charge in [0, 0.05) is 57.3 Å². The highest BCUT2D eigenvalue weighted by Gasteiger charge is 2.62. The van der Waals surface area contributed by atoms with Crippen molar-refractivity contribution in [3.63, 3.8) is 0 Å². The average Bonchev–Trinajstić information content (AvgIpc) is 3.21. The Bertz CT molecular complexity index is 1380. The first-order chi connectivity index (χ1) is 19.1. The molecule has 6 rings (SSSR count). The highest BCUT2D eigenvalue weighted by Crippen LogP contribution is 2.67. The molecule has 5 atom stereocenters. The number of allylic oxidation sites excluding steroid dienone is 4. The van der Waals surface area contributed by atoms with E-state index in [9.17, 15) is 9.90 Å². The van der Waals surface area contributed by atoms with Gasteiger partial charge in [0.2, 0.25) is 0 Å². The molecule has 0 amide bonds. The Hall–Kier alpha value is -3.11. The standard InChI is InChI=1S/C36H44N2O2/c1-35-23-32(25-8-13-28(14-9-25)38(4)5)34-30-17-15-29(39)22-26(30)10-16-31(34)33(35)19-21-36(35,40)20-18-24-6-11-27(12-7-24)37(2)3/h6-9,11-14,18,20,22,31-33,40H,10,15-17,19,21,23H2,1-5H3/b20-18+/t31?,32-,33?,35+,36+/m1/s1. The van der Waals surface area contributed by atoms with E-state index in [1.165, 1.54) is 28.1 Å². The van der Waals surface area contributed by atoms with Crippen LogP contribution in [-0.4, -0.2) is 44.7 Å². The molecule has 0 bridgehead atoms. The number of nitrogens with zero attached hydrogens (tertiary/aromatic N) is 2. The summed E-state index contributed by atoms with van der Waals surface area (Å²) in [4.78, 5) is 16.6. The molecule has 2 fully saturated rings. The third-order valence-electron chi connectivity index (χ3n) is 10.7. The summed E-state index contributed by atoms with van der Waals surface area (Å²) in [7, 11) is 8.27. The van der Waals surface area contributed by atoms with Crippen LogP contribution in [0.4, 0.5) is 11.4 Å².